The molecule has 0 aromatic heterocycles. The molecule has 4 fully saturated rings. The number of carboxylic acids is 1. The topological polar surface area (TPSA) is 104 Å². The van der Waals surface area contributed by atoms with Gasteiger partial charge in [-0.05, 0) is 59.5 Å². The molecule has 0 unspecified atom stereocenters. The molecule has 6 aliphatic rings. The van der Waals surface area contributed by atoms with Crippen molar-refractivity contribution in [2.75, 3.05) is 52.4 Å². The van der Waals surface area contributed by atoms with E-state index in [9.17, 15) is 24.6 Å². The molecule has 4 saturated heterocycles. The molecule has 5 heterocycles. The van der Waals surface area contributed by atoms with Crippen LogP contribution in [0.4, 0.5) is 0 Å². The van der Waals surface area contributed by atoms with E-state index >= 15 is 0 Å². The van der Waals surface area contributed by atoms with Crippen LogP contribution in [-0.2, 0) is 16.1 Å². The first-order chi connectivity index (χ1) is 22.6. The van der Waals surface area contributed by atoms with E-state index in [1.165, 1.54) is 10.5 Å². The number of ether oxygens (including phenoxy) is 1. The number of hydrogen-bond acceptors (Lipinski definition) is 5. The summed E-state index contributed by atoms with van der Waals surface area (Å²) in [6, 6.07) is 21.4. The fraction of sp³-hybridized carbons (Fsp3) is 0.395. The third-order valence-corrected chi connectivity index (χ3v) is 11.8. The minimum Gasteiger partial charge on any atom is -0.488 e. The Morgan fingerprint density at radius 3 is 2.26 bits per heavy atom. The third-order valence-electron chi connectivity index (χ3n) is 11.8. The number of amides is 1. The number of carbonyl (C=O) groups is 3. The highest BCUT2D eigenvalue weighted by Crippen LogP contribution is 2.51. The SMILES string of the molecule is C[C@@H](O)[C@H]1C(=O)N2C(C(=O)O)=C(c3ccc4c(c3)-c3ccc(C[N+]56CC[N+](CCOc7ccccc7)(CC5)CC6)cc3C4=O)[C@H](C)[C@H]12. The lowest BCUT2D eigenvalue weighted by molar-refractivity contribution is -1.09. The molecule has 0 spiro atoms. The van der Waals surface area contributed by atoms with Crippen molar-refractivity contribution in [1.29, 1.82) is 0 Å². The molecule has 5 aliphatic heterocycles. The van der Waals surface area contributed by atoms with Crippen LogP contribution in [0.5, 0.6) is 5.75 Å². The van der Waals surface area contributed by atoms with Crippen LogP contribution in [0, 0.1) is 11.8 Å². The predicted molar refractivity (Wildman–Crippen MR) is 175 cm³/mol. The number of aliphatic carboxylic acids is 1. The Labute approximate surface area is 274 Å². The third kappa shape index (κ3) is 4.66. The number of carboxylic acid groups (broad SMARTS) is 1. The average Bonchev–Trinajstić information content (AvgIpc) is 3.49. The Morgan fingerprint density at radius 2 is 1.57 bits per heavy atom. The molecule has 0 saturated carbocycles. The summed E-state index contributed by atoms with van der Waals surface area (Å²) in [6.07, 6.45) is -0.860. The number of rotatable bonds is 9. The summed E-state index contributed by atoms with van der Waals surface area (Å²) in [5.41, 5.74) is 5.41. The van der Waals surface area contributed by atoms with Gasteiger partial charge in [-0.15, -0.1) is 0 Å². The quantitative estimate of drug-likeness (QED) is 0.214. The van der Waals surface area contributed by atoms with Crippen LogP contribution in [0.15, 0.2) is 72.4 Å². The van der Waals surface area contributed by atoms with E-state index < -0.39 is 24.0 Å². The molecule has 9 nitrogen and oxygen atoms in total. The normalized spacial score (nSPS) is 29.3. The highest BCUT2D eigenvalue weighted by Gasteiger charge is 2.60. The molecule has 9 heteroatoms. The van der Waals surface area contributed by atoms with Gasteiger partial charge in [-0.25, -0.2) is 4.79 Å². The summed E-state index contributed by atoms with van der Waals surface area (Å²) in [7, 11) is 0. The van der Waals surface area contributed by atoms with E-state index in [1.54, 1.807) is 19.1 Å². The second kappa shape index (κ2) is 10.9. The first-order valence-electron chi connectivity index (χ1n) is 16.8. The number of fused-ring (bicyclic) bond motifs is 7. The van der Waals surface area contributed by atoms with Crippen LogP contribution in [0.25, 0.3) is 16.7 Å². The number of ketones is 1. The monoisotopic (exact) mass is 635 g/mol. The molecule has 9 rings (SSSR count). The minimum absolute atomic E-state index is 0.00476. The molecule has 2 N–H and O–H groups in total. The standard InChI is InChI=1S/C38H40N3O6/c1-23-32(35(38(45)46)39-34(23)33(24(2)42)37(39)44)26-9-11-29-30(21-26)28-10-8-25(20-31(28)36(29)43)22-41-15-12-40(13-16-41,14-17-41)18-19-47-27-6-4-3-5-7-27/h3-11,20-21,23-24,33-34,42H,12-19,22H2,1-2H3/q+1/p+1/t23-,24+,33+,34+,40?,41?/m0/s1. The van der Waals surface area contributed by atoms with E-state index in [0.717, 1.165) is 84.8 Å². The van der Waals surface area contributed by atoms with Gasteiger partial charge in [0.15, 0.2) is 5.78 Å². The second-order valence-electron chi connectivity index (χ2n) is 14.4. The average molecular weight is 636 g/mol. The van der Waals surface area contributed by atoms with Crippen LogP contribution < -0.4 is 4.74 Å². The van der Waals surface area contributed by atoms with Gasteiger partial charge < -0.3 is 28.8 Å². The summed E-state index contributed by atoms with van der Waals surface area (Å²) < 4.78 is 8.21. The van der Waals surface area contributed by atoms with Crippen molar-refractivity contribution >= 4 is 23.2 Å². The van der Waals surface area contributed by atoms with Crippen molar-refractivity contribution in [3.05, 3.63) is 94.7 Å². The van der Waals surface area contributed by atoms with Crippen LogP contribution in [-0.4, -0.2) is 106 Å². The molecule has 47 heavy (non-hydrogen) atoms. The van der Waals surface area contributed by atoms with Gasteiger partial charge in [-0.3, -0.25) is 9.59 Å². The number of aliphatic hydroxyl groups excluding tert-OH is 1. The van der Waals surface area contributed by atoms with Gasteiger partial charge in [0.25, 0.3) is 0 Å². The number of benzene rings is 3. The Hall–Kier alpha value is -4.31. The Morgan fingerprint density at radius 1 is 0.894 bits per heavy atom. The predicted octanol–water partition coefficient (Wildman–Crippen LogP) is 3.79. The number of nitrogens with zero attached hydrogens (tertiary/aromatic N) is 3. The lowest BCUT2D eigenvalue weighted by atomic mass is 9.76. The van der Waals surface area contributed by atoms with Crippen LogP contribution in [0.2, 0.25) is 0 Å². The van der Waals surface area contributed by atoms with Gasteiger partial charge in [0.2, 0.25) is 5.91 Å². The summed E-state index contributed by atoms with van der Waals surface area (Å²) in [4.78, 5) is 40.3. The zero-order chi connectivity index (χ0) is 32.7. The zero-order valence-electron chi connectivity index (χ0n) is 26.9. The molecule has 242 valence electrons. The van der Waals surface area contributed by atoms with Crippen molar-refractivity contribution in [1.82, 2.24) is 4.90 Å². The molecule has 1 amide bonds. The fourth-order valence-electron chi connectivity index (χ4n) is 9.12. The number of β-lactam (4-membered cyclic amide) rings is 1. The number of carbonyl (C=O) groups excluding carboxylic acids is 2. The van der Waals surface area contributed by atoms with Crippen LogP contribution >= 0.6 is 0 Å². The van der Waals surface area contributed by atoms with Crippen molar-refractivity contribution in [2.24, 2.45) is 11.8 Å². The Kier molecular flexibility index (Phi) is 6.95. The zero-order valence-corrected chi connectivity index (χ0v) is 26.9. The maximum atomic E-state index is 13.7. The van der Waals surface area contributed by atoms with Crippen molar-refractivity contribution in [2.45, 2.75) is 32.5 Å². The van der Waals surface area contributed by atoms with Crippen molar-refractivity contribution in [3.63, 3.8) is 0 Å². The van der Waals surface area contributed by atoms with Crippen molar-refractivity contribution in [3.8, 4) is 16.9 Å². The van der Waals surface area contributed by atoms with Crippen LogP contribution in [0.3, 0.4) is 0 Å². The molecule has 3 aromatic carbocycles. The molecule has 3 aromatic rings. The summed E-state index contributed by atoms with van der Waals surface area (Å²) in [5, 5.41) is 20.4. The number of aliphatic hydroxyl groups is 1. The van der Waals surface area contributed by atoms with Gasteiger partial charge >= 0.3 is 5.97 Å². The molecule has 0 radical (unpaired) electrons. The highest BCUT2D eigenvalue weighted by atomic mass is 16.5. The summed E-state index contributed by atoms with van der Waals surface area (Å²) in [5.74, 6) is -1.48. The van der Waals surface area contributed by atoms with E-state index in [0.29, 0.717) is 22.3 Å². The maximum absolute atomic E-state index is 13.7. The van der Waals surface area contributed by atoms with E-state index in [1.807, 2.05) is 43.3 Å². The lowest BCUT2D eigenvalue weighted by Crippen LogP contribution is -2.75. The maximum Gasteiger partial charge on any atom is 0.352 e. The Balaban J connectivity index is 1.00. The van der Waals surface area contributed by atoms with Crippen molar-refractivity contribution < 1.29 is 38.3 Å². The van der Waals surface area contributed by atoms with Gasteiger partial charge in [0, 0.05) is 22.6 Å². The van der Waals surface area contributed by atoms with Gasteiger partial charge in [-0.1, -0.05) is 43.3 Å². The summed E-state index contributed by atoms with van der Waals surface area (Å²) >= 11 is 0. The second-order valence-corrected chi connectivity index (χ2v) is 14.4. The Bertz CT molecular complexity index is 1820. The number of para-hydroxylation sites is 1. The fourth-order valence-corrected chi connectivity index (χ4v) is 9.12. The van der Waals surface area contributed by atoms with Gasteiger partial charge in [0.1, 0.15) is 70.4 Å². The number of quaternary nitrogens is 2. The van der Waals surface area contributed by atoms with Gasteiger partial charge in [0.05, 0.1) is 18.1 Å². The van der Waals surface area contributed by atoms with E-state index in [2.05, 4.69) is 18.2 Å². The number of piperazine rings is 3. The smallest absolute Gasteiger partial charge is 0.352 e. The molecule has 1 aliphatic carbocycles. The molecule has 4 atom stereocenters. The molecule has 2 bridgehead atoms. The van der Waals surface area contributed by atoms with Crippen LogP contribution in [0.1, 0.15) is 40.9 Å². The molecular formula is C38H41N3O6+2. The highest BCUT2D eigenvalue weighted by molar-refractivity contribution is 6.22. The first kappa shape index (κ1) is 30.1. The lowest BCUT2D eigenvalue weighted by Gasteiger charge is -2.55. The molecular weight excluding hydrogens is 594 g/mol. The largest absolute Gasteiger partial charge is 0.488 e. The summed E-state index contributed by atoms with van der Waals surface area (Å²) in [6.45, 7) is 13.0. The van der Waals surface area contributed by atoms with Gasteiger partial charge in [-0.2, -0.15) is 0 Å². The van der Waals surface area contributed by atoms with E-state index in [4.69, 9.17) is 4.74 Å². The number of hydrogen-bond donors (Lipinski definition) is 2. The first-order valence-corrected chi connectivity index (χ1v) is 16.8. The minimum atomic E-state index is -1.16. The van der Waals surface area contributed by atoms with E-state index in [-0.39, 0.29) is 23.3 Å².